The Morgan fingerprint density at radius 2 is 0.500 bits per heavy atom. The maximum absolute atomic E-state index is 0. The van der Waals surface area contributed by atoms with Crippen LogP contribution in [-0.2, 0) is 40.5 Å². The van der Waals surface area contributed by atoms with Crippen molar-refractivity contribution >= 4 is 40.5 Å². The van der Waals surface area contributed by atoms with Crippen LogP contribution in [-0.4, -0.2) is 0 Å². The molecule has 0 unspecified atom stereocenters. The van der Waals surface area contributed by atoms with Crippen LogP contribution in [0.4, 0.5) is 0 Å². The second kappa shape index (κ2) is 18.1. The van der Waals surface area contributed by atoms with Crippen molar-refractivity contribution in [2.75, 3.05) is 0 Å². The maximum atomic E-state index is 0. The Morgan fingerprint density at radius 1 is 0.500 bits per heavy atom. The Hall–Kier alpha value is 2.43. The van der Waals surface area contributed by atoms with Crippen LogP contribution in [0.25, 0.3) is 0 Å². The Labute approximate surface area is 80.8 Å². The third kappa shape index (κ3) is 8.83. The number of hydrogen-bond acceptors (Lipinski definition) is 0. The van der Waals surface area contributed by atoms with Gasteiger partial charge < -0.3 is 40.5 Å². The van der Waals surface area contributed by atoms with Crippen molar-refractivity contribution < 1.29 is 41.7 Å². The summed E-state index contributed by atoms with van der Waals surface area (Å²) in [6.45, 7) is 0. The summed E-state index contributed by atoms with van der Waals surface area (Å²) < 4.78 is 0. The third-order valence-corrected chi connectivity index (χ3v) is 0. The minimum absolute atomic E-state index is 0. The van der Waals surface area contributed by atoms with Crippen molar-refractivity contribution in [2.45, 2.75) is 0 Å². The van der Waals surface area contributed by atoms with Crippen LogP contribution >= 0.6 is 0 Å². The molecule has 0 radical (unpaired) electrons. The zero-order chi connectivity index (χ0) is 0. The molecule has 0 aliphatic carbocycles. The topological polar surface area (TPSA) is 0 Å². The van der Waals surface area contributed by atoms with Gasteiger partial charge in [-0.05, 0) is 0 Å². The number of rotatable bonds is 0. The van der Waals surface area contributed by atoms with Crippen LogP contribution in [0.15, 0.2) is 0 Å². The minimum atomic E-state index is 0. The summed E-state index contributed by atoms with van der Waals surface area (Å²) in [6.07, 6.45) is 0. The summed E-state index contributed by atoms with van der Waals surface area (Å²) in [5.74, 6) is 0. The van der Waals surface area contributed by atoms with E-state index in [0.717, 1.165) is 0 Å². The van der Waals surface area contributed by atoms with Gasteiger partial charge in [0.05, 0.1) is 0 Å². The molecule has 0 amide bonds. The third-order valence-electron chi connectivity index (χ3n) is 0. The van der Waals surface area contributed by atoms with Gasteiger partial charge in [0, 0.05) is 0 Å². The van der Waals surface area contributed by atoms with Crippen LogP contribution in [0.5, 0.6) is 0 Å². The van der Waals surface area contributed by atoms with E-state index in [1.165, 1.54) is 0 Å². The fourth-order valence-corrected chi connectivity index (χ4v) is 0. The van der Waals surface area contributed by atoms with Crippen molar-refractivity contribution in [3.63, 3.8) is 0 Å². The van der Waals surface area contributed by atoms with Gasteiger partial charge in [-0.15, -0.1) is 0 Å². The van der Waals surface area contributed by atoms with E-state index >= 15 is 0 Å². The second-order valence-electron chi connectivity index (χ2n) is 0. The monoisotopic (exact) mass is 236 g/mol. The molecule has 0 spiro atoms. The van der Waals surface area contributed by atoms with Crippen molar-refractivity contribution in [3.05, 3.63) is 0 Å². The molecule has 0 saturated heterocycles. The molecule has 0 aliphatic rings. The first-order chi connectivity index (χ1) is 0. The van der Waals surface area contributed by atoms with Crippen molar-refractivity contribution in [1.82, 2.24) is 0 Å². The van der Waals surface area contributed by atoms with Gasteiger partial charge in [0.15, 0.2) is 0 Å². The van der Waals surface area contributed by atoms with E-state index in [1.54, 1.807) is 0 Å². The summed E-state index contributed by atoms with van der Waals surface area (Å²) >= 11 is 0. The van der Waals surface area contributed by atoms with E-state index in [9.17, 15) is 0 Å². The molecule has 0 aromatic heterocycles. The first kappa shape index (κ1) is 32.1. The fourth-order valence-electron chi connectivity index (χ4n) is 0. The maximum Gasteiger partial charge on any atom is 4.00 e. The van der Waals surface area contributed by atoms with Gasteiger partial charge >= 0.3 is 41.7 Å². The van der Waals surface area contributed by atoms with Crippen molar-refractivity contribution in [3.8, 4) is 0 Å². The molecule has 0 heterocycles. The summed E-state index contributed by atoms with van der Waals surface area (Å²) in [5.41, 5.74) is 0. The Kier molecular flexibility index (Phi) is 145. The van der Waals surface area contributed by atoms with E-state index in [4.69, 9.17) is 0 Å². The molecule has 0 saturated carbocycles. The predicted molar refractivity (Wildman–Crippen MR) is 22.1 cm³/mol. The first-order valence-corrected chi connectivity index (χ1v) is 0. The quantitative estimate of drug-likeness (QED) is 0.555. The SMILES string of the molecule is [Ce+4].[S-2].[S-2].[S-2]. The molecule has 24 valence electrons. The summed E-state index contributed by atoms with van der Waals surface area (Å²) in [7, 11) is 0. The van der Waals surface area contributed by atoms with Gasteiger partial charge in [0.2, 0.25) is 0 Å². The predicted octanol–water partition coefficient (Wildman–Crippen LogP) is -0.00720. The first-order valence-electron chi connectivity index (χ1n) is 0. The summed E-state index contributed by atoms with van der Waals surface area (Å²) in [5, 5.41) is 0. The van der Waals surface area contributed by atoms with Crippen LogP contribution in [0.1, 0.15) is 0 Å². The van der Waals surface area contributed by atoms with E-state index in [1.807, 2.05) is 0 Å². The minimum Gasteiger partial charge on any atom is -2.00 e. The average Bonchev–Trinajstić information content (AvgIpc) is 0. The Bertz CT molecular complexity index is 3.25. The fraction of sp³-hybridized carbons (Fsp3) is 0. The molecule has 0 nitrogen and oxygen atoms in total. The van der Waals surface area contributed by atoms with Crippen LogP contribution in [0.2, 0.25) is 0 Å². The van der Waals surface area contributed by atoms with Gasteiger partial charge in [-0.2, -0.15) is 0 Å². The standard InChI is InChI=1S/Ce.3S/q+4;3*-2. The van der Waals surface area contributed by atoms with E-state index in [0.29, 0.717) is 0 Å². The van der Waals surface area contributed by atoms with E-state index < -0.39 is 0 Å². The average molecular weight is 236 g/mol. The number of hydrogen-bond donors (Lipinski definition) is 0. The van der Waals surface area contributed by atoms with Crippen molar-refractivity contribution in [1.29, 1.82) is 0 Å². The molecule has 0 aliphatic heterocycles. The Balaban J connectivity index is 0. The van der Waals surface area contributed by atoms with E-state index in [2.05, 4.69) is 0 Å². The molecule has 0 N–H and O–H groups in total. The zero-order valence-electron chi connectivity index (χ0n) is 1.72. The molecule has 0 aromatic rings. The smallest absolute Gasteiger partial charge is 2.00 e. The van der Waals surface area contributed by atoms with Crippen LogP contribution in [0, 0.1) is 41.7 Å². The molecule has 0 aromatic carbocycles. The normalized spacial score (nSPS) is 0. The van der Waals surface area contributed by atoms with Gasteiger partial charge in [0.25, 0.3) is 0 Å². The molecule has 0 rings (SSSR count). The van der Waals surface area contributed by atoms with Crippen molar-refractivity contribution in [2.24, 2.45) is 0 Å². The van der Waals surface area contributed by atoms with Crippen LogP contribution < -0.4 is 0 Å². The zero-order valence-corrected chi connectivity index (χ0v) is 7.31. The molecular weight excluding hydrogens is 236 g/mol. The van der Waals surface area contributed by atoms with Gasteiger partial charge in [0.1, 0.15) is 0 Å². The van der Waals surface area contributed by atoms with Crippen LogP contribution in [0.3, 0.4) is 0 Å². The molecule has 4 heteroatoms. The Morgan fingerprint density at radius 3 is 0.500 bits per heavy atom. The molecule has 4 heavy (non-hydrogen) atoms. The molecule has 0 bridgehead atoms. The van der Waals surface area contributed by atoms with Gasteiger partial charge in [-0.25, -0.2) is 0 Å². The largest absolute Gasteiger partial charge is 4.00 e. The second-order valence-corrected chi connectivity index (χ2v) is 0. The molecule has 0 fully saturated rings. The van der Waals surface area contributed by atoms with E-state index in [-0.39, 0.29) is 82.2 Å². The molecular formula is CeS3-2. The van der Waals surface area contributed by atoms with Gasteiger partial charge in [-0.3, -0.25) is 0 Å². The van der Waals surface area contributed by atoms with Gasteiger partial charge in [-0.1, -0.05) is 0 Å². The molecule has 0 atom stereocenters. The summed E-state index contributed by atoms with van der Waals surface area (Å²) in [6, 6.07) is 0. The summed E-state index contributed by atoms with van der Waals surface area (Å²) in [4.78, 5) is 0.